The molecule has 0 unspecified atom stereocenters. The van der Waals surface area contributed by atoms with Crippen LogP contribution in [0.25, 0.3) is 0 Å². The van der Waals surface area contributed by atoms with E-state index < -0.39 is 0 Å². The van der Waals surface area contributed by atoms with Gasteiger partial charge in [-0.3, -0.25) is 9.59 Å². The predicted octanol–water partition coefficient (Wildman–Crippen LogP) is 0.588. The summed E-state index contributed by atoms with van der Waals surface area (Å²) in [6.45, 7) is 3.25. The molecular weight excluding hydrogens is 220 g/mol. The third-order valence-corrected chi connectivity index (χ3v) is 2.43. The zero-order valence-electron chi connectivity index (χ0n) is 10.5. The molecule has 0 atom stereocenters. The molecule has 1 saturated carbocycles. The molecule has 5 heteroatoms. The highest BCUT2D eigenvalue weighted by Gasteiger charge is 2.22. The molecule has 2 N–H and O–H groups in total. The maximum absolute atomic E-state index is 11.3. The summed E-state index contributed by atoms with van der Waals surface area (Å²) in [5.41, 5.74) is 0. The Bertz CT molecular complexity index is 252. The van der Waals surface area contributed by atoms with Gasteiger partial charge in [-0.15, -0.1) is 0 Å². The summed E-state index contributed by atoms with van der Waals surface area (Å²) in [6.07, 6.45) is 4.29. The van der Waals surface area contributed by atoms with Gasteiger partial charge in [0.1, 0.15) is 6.61 Å². The quantitative estimate of drug-likeness (QED) is 0.581. The van der Waals surface area contributed by atoms with Crippen LogP contribution >= 0.6 is 0 Å². The van der Waals surface area contributed by atoms with Crippen molar-refractivity contribution in [3.8, 4) is 0 Å². The van der Waals surface area contributed by atoms with Crippen LogP contribution in [-0.4, -0.2) is 37.6 Å². The molecule has 2 amide bonds. The lowest BCUT2D eigenvalue weighted by Crippen LogP contribution is -2.30. The van der Waals surface area contributed by atoms with Crippen LogP contribution in [0.1, 0.15) is 39.0 Å². The highest BCUT2D eigenvalue weighted by molar-refractivity contribution is 5.78. The zero-order valence-corrected chi connectivity index (χ0v) is 10.5. The number of ether oxygens (including phenoxy) is 1. The van der Waals surface area contributed by atoms with E-state index in [1.165, 1.54) is 0 Å². The van der Waals surface area contributed by atoms with E-state index in [0.717, 1.165) is 19.3 Å². The fraction of sp³-hybridized carbons (Fsp3) is 0.833. The molecule has 1 aliphatic carbocycles. The number of hydrogen-bond donors (Lipinski definition) is 2. The van der Waals surface area contributed by atoms with Gasteiger partial charge in [0.05, 0.1) is 0 Å². The summed E-state index contributed by atoms with van der Waals surface area (Å²) >= 11 is 0. The number of nitrogens with one attached hydrogen (secondary N) is 2. The van der Waals surface area contributed by atoms with Crippen molar-refractivity contribution in [3.63, 3.8) is 0 Å². The van der Waals surface area contributed by atoms with Crippen molar-refractivity contribution in [1.29, 1.82) is 0 Å². The molecule has 0 radical (unpaired) electrons. The molecule has 98 valence electrons. The second-order valence-electron chi connectivity index (χ2n) is 4.35. The van der Waals surface area contributed by atoms with Crippen LogP contribution in [-0.2, 0) is 14.3 Å². The summed E-state index contributed by atoms with van der Waals surface area (Å²) in [7, 11) is 0. The van der Waals surface area contributed by atoms with Crippen molar-refractivity contribution in [1.82, 2.24) is 10.6 Å². The maximum atomic E-state index is 11.3. The Balaban J connectivity index is 1.88. The van der Waals surface area contributed by atoms with Crippen molar-refractivity contribution >= 4 is 11.8 Å². The van der Waals surface area contributed by atoms with Crippen LogP contribution < -0.4 is 10.6 Å². The standard InChI is InChI=1S/C12H22N2O3/c1-2-8-17-9-12(16)13-7-3-4-11(15)14-10-5-6-10/h10H,2-9H2,1H3,(H,13,16)(H,14,15). The Morgan fingerprint density at radius 1 is 1.29 bits per heavy atom. The van der Waals surface area contributed by atoms with Crippen molar-refractivity contribution in [2.45, 2.75) is 45.1 Å². The minimum Gasteiger partial charge on any atom is -0.372 e. The van der Waals surface area contributed by atoms with E-state index in [1.54, 1.807) is 0 Å². The SMILES string of the molecule is CCCOCC(=O)NCCCC(=O)NC1CC1. The van der Waals surface area contributed by atoms with Gasteiger partial charge in [-0.1, -0.05) is 6.92 Å². The maximum Gasteiger partial charge on any atom is 0.245 e. The van der Waals surface area contributed by atoms with Crippen LogP contribution in [0.4, 0.5) is 0 Å². The first kappa shape index (κ1) is 14.0. The first-order chi connectivity index (χ1) is 8.22. The van der Waals surface area contributed by atoms with Crippen molar-refractivity contribution in [3.05, 3.63) is 0 Å². The number of hydrogen-bond acceptors (Lipinski definition) is 3. The molecule has 1 aliphatic rings. The molecule has 5 nitrogen and oxygen atoms in total. The Hall–Kier alpha value is -1.10. The Labute approximate surface area is 102 Å². The monoisotopic (exact) mass is 242 g/mol. The minimum atomic E-state index is -0.110. The minimum absolute atomic E-state index is 0.0870. The predicted molar refractivity (Wildman–Crippen MR) is 64.5 cm³/mol. The highest BCUT2D eigenvalue weighted by atomic mass is 16.5. The lowest BCUT2D eigenvalue weighted by atomic mass is 10.3. The van der Waals surface area contributed by atoms with Gasteiger partial charge in [-0.2, -0.15) is 0 Å². The number of rotatable bonds is 9. The molecule has 0 spiro atoms. The summed E-state index contributed by atoms with van der Waals surface area (Å²) in [5, 5.41) is 5.63. The molecule has 0 aromatic carbocycles. The Morgan fingerprint density at radius 3 is 2.71 bits per heavy atom. The molecule has 1 fully saturated rings. The molecule has 1 rings (SSSR count). The first-order valence-electron chi connectivity index (χ1n) is 6.36. The van der Waals surface area contributed by atoms with Gasteiger partial charge in [0.25, 0.3) is 0 Å². The summed E-state index contributed by atoms with van der Waals surface area (Å²) in [5.74, 6) is -0.0231. The zero-order chi connectivity index (χ0) is 12.5. The number of amides is 2. The highest BCUT2D eigenvalue weighted by Crippen LogP contribution is 2.18. The molecule has 0 aromatic heterocycles. The van der Waals surface area contributed by atoms with Crippen LogP contribution in [0.3, 0.4) is 0 Å². The van der Waals surface area contributed by atoms with E-state index >= 15 is 0 Å². The topological polar surface area (TPSA) is 67.4 Å². The van der Waals surface area contributed by atoms with E-state index in [4.69, 9.17) is 4.74 Å². The largest absolute Gasteiger partial charge is 0.372 e. The van der Waals surface area contributed by atoms with Crippen LogP contribution in [0, 0.1) is 0 Å². The summed E-state index contributed by atoms with van der Waals surface area (Å²) < 4.78 is 5.09. The van der Waals surface area contributed by atoms with E-state index in [-0.39, 0.29) is 18.4 Å². The van der Waals surface area contributed by atoms with Crippen LogP contribution in [0.2, 0.25) is 0 Å². The van der Waals surface area contributed by atoms with E-state index in [0.29, 0.717) is 32.0 Å². The van der Waals surface area contributed by atoms with E-state index in [1.807, 2.05) is 6.92 Å². The van der Waals surface area contributed by atoms with Gasteiger partial charge in [0, 0.05) is 25.6 Å². The molecule has 0 saturated heterocycles. The van der Waals surface area contributed by atoms with Crippen molar-refractivity contribution in [2.24, 2.45) is 0 Å². The van der Waals surface area contributed by atoms with Crippen LogP contribution in [0.5, 0.6) is 0 Å². The molecule has 0 aliphatic heterocycles. The fourth-order valence-corrected chi connectivity index (χ4v) is 1.36. The van der Waals surface area contributed by atoms with Gasteiger partial charge in [-0.25, -0.2) is 0 Å². The van der Waals surface area contributed by atoms with Crippen LogP contribution in [0.15, 0.2) is 0 Å². The van der Waals surface area contributed by atoms with Crippen molar-refractivity contribution in [2.75, 3.05) is 19.8 Å². The number of carbonyl (C=O) groups excluding carboxylic acids is 2. The molecule has 0 aromatic rings. The molecule has 17 heavy (non-hydrogen) atoms. The van der Waals surface area contributed by atoms with Gasteiger partial charge in [-0.05, 0) is 25.7 Å². The third-order valence-electron chi connectivity index (χ3n) is 2.43. The van der Waals surface area contributed by atoms with Gasteiger partial charge in [0.15, 0.2) is 0 Å². The third kappa shape index (κ3) is 7.74. The first-order valence-corrected chi connectivity index (χ1v) is 6.36. The summed E-state index contributed by atoms with van der Waals surface area (Å²) in [6, 6.07) is 0.416. The number of carbonyl (C=O) groups is 2. The average Bonchev–Trinajstić information content (AvgIpc) is 3.09. The van der Waals surface area contributed by atoms with Gasteiger partial charge >= 0.3 is 0 Å². The molecule has 0 heterocycles. The lowest BCUT2D eigenvalue weighted by Gasteiger charge is -2.06. The second kappa shape index (κ2) is 8.06. The smallest absolute Gasteiger partial charge is 0.245 e. The average molecular weight is 242 g/mol. The van der Waals surface area contributed by atoms with Gasteiger partial charge in [0.2, 0.25) is 11.8 Å². The Morgan fingerprint density at radius 2 is 2.06 bits per heavy atom. The summed E-state index contributed by atoms with van der Waals surface area (Å²) in [4.78, 5) is 22.5. The normalized spacial score (nSPS) is 14.4. The lowest BCUT2D eigenvalue weighted by molar-refractivity contribution is -0.126. The Kier molecular flexibility index (Phi) is 6.62. The van der Waals surface area contributed by atoms with E-state index in [2.05, 4.69) is 10.6 Å². The molecular formula is C12H22N2O3. The van der Waals surface area contributed by atoms with Crippen molar-refractivity contribution < 1.29 is 14.3 Å². The van der Waals surface area contributed by atoms with E-state index in [9.17, 15) is 9.59 Å². The fourth-order valence-electron chi connectivity index (χ4n) is 1.36. The van der Waals surface area contributed by atoms with Gasteiger partial charge < -0.3 is 15.4 Å². The second-order valence-corrected chi connectivity index (χ2v) is 4.35. The molecule has 0 bridgehead atoms.